The Morgan fingerprint density at radius 3 is 2.73 bits per heavy atom. The first-order valence-corrected chi connectivity index (χ1v) is 7.30. The molecule has 3 aromatic rings. The fourth-order valence-electron chi connectivity index (χ4n) is 2.84. The van der Waals surface area contributed by atoms with Crippen LogP contribution in [0.1, 0.15) is 19.6 Å². The lowest BCUT2D eigenvalue weighted by Crippen LogP contribution is -2.15. The molecule has 6 nitrogen and oxygen atoms in total. The molecule has 6 heteroatoms. The van der Waals surface area contributed by atoms with Gasteiger partial charge in [0.1, 0.15) is 23.8 Å². The zero-order chi connectivity index (χ0) is 15.1. The topological polar surface area (TPSA) is 73.1 Å². The van der Waals surface area contributed by atoms with E-state index < -0.39 is 6.10 Å². The predicted octanol–water partition coefficient (Wildman–Crippen LogP) is 2.16. The molecule has 112 valence electrons. The minimum atomic E-state index is -0.460. The van der Waals surface area contributed by atoms with Crippen LogP contribution in [0.2, 0.25) is 0 Å². The molecule has 3 atom stereocenters. The molecule has 1 saturated heterocycles. The largest absolute Gasteiger partial charge is 0.390 e. The van der Waals surface area contributed by atoms with Gasteiger partial charge in [0.15, 0.2) is 5.65 Å². The summed E-state index contributed by atoms with van der Waals surface area (Å²) in [6.45, 7) is 1.87. The second-order valence-electron chi connectivity index (χ2n) is 5.51. The van der Waals surface area contributed by atoms with Crippen LogP contribution in [0.25, 0.3) is 22.4 Å². The van der Waals surface area contributed by atoms with E-state index in [4.69, 9.17) is 4.74 Å². The van der Waals surface area contributed by atoms with Gasteiger partial charge in [0.25, 0.3) is 0 Å². The van der Waals surface area contributed by atoms with Gasteiger partial charge < -0.3 is 9.84 Å². The third-order valence-corrected chi connectivity index (χ3v) is 4.07. The SMILES string of the molecule is C[C@H]1O[C@@H](n2cnc3c(-c4ccccc4)ncnc32)C[C@@H]1O. The summed E-state index contributed by atoms with van der Waals surface area (Å²) in [5.41, 5.74) is 3.27. The molecule has 2 aromatic heterocycles. The highest BCUT2D eigenvalue weighted by molar-refractivity contribution is 5.86. The van der Waals surface area contributed by atoms with Gasteiger partial charge in [-0.15, -0.1) is 0 Å². The molecule has 0 bridgehead atoms. The first-order valence-electron chi connectivity index (χ1n) is 7.30. The van der Waals surface area contributed by atoms with Crippen LogP contribution in [-0.4, -0.2) is 36.8 Å². The second-order valence-corrected chi connectivity index (χ2v) is 5.51. The summed E-state index contributed by atoms with van der Waals surface area (Å²) < 4.78 is 7.66. The maximum Gasteiger partial charge on any atom is 0.165 e. The van der Waals surface area contributed by atoms with E-state index in [2.05, 4.69) is 15.0 Å². The van der Waals surface area contributed by atoms with Crippen LogP contribution in [-0.2, 0) is 4.74 Å². The van der Waals surface area contributed by atoms with E-state index in [9.17, 15) is 5.11 Å². The number of rotatable bonds is 2. The summed E-state index contributed by atoms with van der Waals surface area (Å²) in [5.74, 6) is 0. The summed E-state index contributed by atoms with van der Waals surface area (Å²) in [6, 6.07) is 9.91. The summed E-state index contributed by atoms with van der Waals surface area (Å²) in [4.78, 5) is 13.2. The number of fused-ring (bicyclic) bond motifs is 1. The molecule has 4 rings (SSSR count). The van der Waals surface area contributed by atoms with E-state index >= 15 is 0 Å². The Morgan fingerprint density at radius 2 is 2.00 bits per heavy atom. The average molecular weight is 296 g/mol. The Kier molecular flexibility index (Phi) is 3.13. The summed E-state index contributed by atoms with van der Waals surface area (Å²) in [5, 5.41) is 9.88. The molecular formula is C16H16N4O2. The van der Waals surface area contributed by atoms with Gasteiger partial charge in [-0.3, -0.25) is 4.57 Å². The van der Waals surface area contributed by atoms with Crippen molar-refractivity contribution in [2.75, 3.05) is 0 Å². The van der Waals surface area contributed by atoms with Crippen molar-refractivity contribution in [1.82, 2.24) is 19.5 Å². The zero-order valence-electron chi connectivity index (χ0n) is 12.1. The molecule has 1 fully saturated rings. The Hall–Kier alpha value is -2.31. The Labute approximate surface area is 127 Å². The molecule has 0 saturated carbocycles. The number of benzene rings is 1. The van der Waals surface area contributed by atoms with Crippen molar-refractivity contribution < 1.29 is 9.84 Å². The van der Waals surface area contributed by atoms with Crippen molar-refractivity contribution >= 4 is 11.2 Å². The summed E-state index contributed by atoms with van der Waals surface area (Å²) in [7, 11) is 0. The van der Waals surface area contributed by atoms with Gasteiger partial charge in [0.05, 0.1) is 18.5 Å². The number of nitrogens with zero attached hydrogens (tertiary/aromatic N) is 4. The van der Waals surface area contributed by atoms with E-state index in [-0.39, 0.29) is 12.3 Å². The van der Waals surface area contributed by atoms with Crippen LogP contribution in [0.4, 0.5) is 0 Å². The summed E-state index contributed by atoms with van der Waals surface area (Å²) >= 11 is 0. The number of hydrogen-bond acceptors (Lipinski definition) is 5. The number of aromatic nitrogens is 4. The molecule has 1 N–H and O–H groups in total. The van der Waals surface area contributed by atoms with Gasteiger partial charge >= 0.3 is 0 Å². The number of ether oxygens (including phenoxy) is 1. The Balaban J connectivity index is 1.81. The highest BCUT2D eigenvalue weighted by atomic mass is 16.5. The van der Waals surface area contributed by atoms with Gasteiger partial charge in [0, 0.05) is 12.0 Å². The smallest absolute Gasteiger partial charge is 0.165 e. The van der Waals surface area contributed by atoms with Crippen LogP contribution >= 0.6 is 0 Å². The molecule has 0 aliphatic carbocycles. The van der Waals surface area contributed by atoms with Crippen LogP contribution in [0.5, 0.6) is 0 Å². The molecule has 3 heterocycles. The van der Waals surface area contributed by atoms with Crippen molar-refractivity contribution in [2.24, 2.45) is 0 Å². The van der Waals surface area contributed by atoms with E-state index in [1.54, 1.807) is 6.33 Å². The predicted molar refractivity (Wildman–Crippen MR) is 81.0 cm³/mol. The van der Waals surface area contributed by atoms with Crippen LogP contribution < -0.4 is 0 Å². The van der Waals surface area contributed by atoms with Crippen LogP contribution in [0.15, 0.2) is 43.0 Å². The van der Waals surface area contributed by atoms with Crippen molar-refractivity contribution in [3.63, 3.8) is 0 Å². The van der Waals surface area contributed by atoms with Gasteiger partial charge in [-0.25, -0.2) is 15.0 Å². The molecule has 0 radical (unpaired) electrons. The normalized spacial score (nSPS) is 24.9. The highest BCUT2D eigenvalue weighted by Crippen LogP contribution is 2.32. The minimum absolute atomic E-state index is 0.183. The van der Waals surface area contributed by atoms with E-state index in [1.165, 1.54) is 6.33 Å². The van der Waals surface area contributed by atoms with E-state index in [0.717, 1.165) is 22.4 Å². The van der Waals surface area contributed by atoms with Gasteiger partial charge in [-0.05, 0) is 6.92 Å². The van der Waals surface area contributed by atoms with Gasteiger partial charge in [-0.1, -0.05) is 30.3 Å². The molecule has 1 aromatic carbocycles. The lowest BCUT2D eigenvalue weighted by atomic mass is 10.1. The summed E-state index contributed by atoms with van der Waals surface area (Å²) in [6.07, 6.45) is 2.90. The molecular weight excluding hydrogens is 280 g/mol. The third kappa shape index (κ3) is 2.08. The highest BCUT2D eigenvalue weighted by Gasteiger charge is 2.32. The van der Waals surface area contributed by atoms with E-state index in [1.807, 2.05) is 41.8 Å². The van der Waals surface area contributed by atoms with Crippen LogP contribution in [0.3, 0.4) is 0 Å². The average Bonchev–Trinajstić information content (AvgIpc) is 3.12. The number of imidazole rings is 1. The maximum atomic E-state index is 9.88. The number of aliphatic hydroxyl groups is 1. The van der Waals surface area contributed by atoms with Crippen molar-refractivity contribution in [3.05, 3.63) is 43.0 Å². The fourth-order valence-corrected chi connectivity index (χ4v) is 2.84. The Morgan fingerprint density at radius 1 is 1.18 bits per heavy atom. The van der Waals surface area contributed by atoms with Gasteiger partial charge in [0.2, 0.25) is 0 Å². The lowest BCUT2D eigenvalue weighted by Gasteiger charge is -2.12. The number of aliphatic hydroxyl groups excluding tert-OH is 1. The van der Waals surface area contributed by atoms with Crippen molar-refractivity contribution in [1.29, 1.82) is 0 Å². The molecule has 0 amide bonds. The molecule has 0 unspecified atom stereocenters. The molecule has 22 heavy (non-hydrogen) atoms. The third-order valence-electron chi connectivity index (χ3n) is 4.07. The monoisotopic (exact) mass is 296 g/mol. The molecule has 1 aliphatic rings. The van der Waals surface area contributed by atoms with Crippen molar-refractivity contribution in [2.45, 2.75) is 31.8 Å². The first-order chi connectivity index (χ1) is 10.7. The molecule has 0 spiro atoms. The minimum Gasteiger partial charge on any atom is -0.390 e. The standard InChI is InChI=1S/C16H16N4O2/c1-10-12(21)7-13(22-10)20-9-19-15-14(17-8-18-16(15)20)11-5-3-2-4-6-11/h2-6,8-10,12-13,21H,7H2,1H3/t10-,12+,13-/m1/s1. The molecule has 1 aliphatic heterocycles. The second kappa shape index (κ2) is 5.15. The number of hydrogen-bond donors (Lipinski definition) is 1. The Bertz CT molecular complexity index is 792. The fraction of sp³-hybridized carbons (Fsp3) is 0.312. The van der Waals surface area contributed by atoms with Gasteiger partial charge in [-0.2, -0.15) is 0 Å². The van der Waals surface area contributed by atoms with Crippen LogP contribution in [0, 0.1) is 0 Å². The lowest BCUT2D eigenvalue weighted by molar-refractivity contribution is -0.00632. The van der Waals surface area contributed by atoms with E-state index in [0.29, 0.717) is 6.42 Å². The zero-order valence-corrected chi connectivity index (χ0v) is 12.1. The van der Waals surface area contributed by atoms with Crippen molar-refractivity contribution in [3.8, 4) is 11.3 Å². The maximum absolute atomic E-state index is 9.88. The quantitative estimate of drug-likeness (QED) is 0.784. The first kappa shape index (κ1) is 13.4.